The Hall–Kier alpha value is -3.07. The van der Waals surface area contributed by atoms with Gasteiger partial charge in [0.2, 0.25) is 0 Å². The highest BCUT2D eigenvalue weighted by molar-refractivity contribution is 6.09. The van der Waals surface area contributed by atoms with E-state index in [1.165, 1.54) is 10.8 Å². The van der Waals surface area contributed by atoms with E-state index >= 15 is 0 Å². The fourth-order valence-corrected chi connectivity index (χ4v) is 3.20. The van der Waals surface area contributed by atoms with Gasteiger partial charge in [-0.3, -0.25) is 0 Å². The third-order valence-electron chi connectivity index (χ3n) is 4.17. The molecule has 0 bridgehead atoms. The second-order valence-electron chi connectivity index (χ2n) is 5.46. The van der Waals surface area contributed by atoms with Gasteiger partial charge in [-0.25, -0.2) is 4.98 Å². The molecule has 0 unspecified atom stereocenters. The van der Waals surface area contributed by atoms with Gasteiger partial charge < -0.3 is 9.55 Å². The largest absolute Gasteiger partial charge is 0.350 e. The van der Waals surface area contributed by atoms with Crippen molar-refractivity contribution in [3.63, 3.8) is 0 Å². The van der Waals surface area contributed by atoms with Crippen LogP contribution in [0.1, 0.15) is 0 Å². The summed E-state index contributed by atoms with van der Waals surface area (Å²) in [6, 6.07) is 20.7. The van der Waals surface area contributed by atoms with Crippen LogP contribution in [0.3, 0.4) is 0 Å². The fraction of sp³-hybridized carbons (Fsp3) is 0. The molecule has 3 heteroatoms. The highest BCUT2D eigenvalue weighted by Gasteiger charge is 2.20. The maximum Gasteiger partial charge on any atom is 0.0973 e. The van der Waals surface area contributed by atoms with Gasteiger partial charge >= 0.3 is 0 Å². The molecule has 0 atom stereocenters. The molecule has 0 radical (unpaired) electrons. The molecular formula is C19H13N3. The summed E-state index contributed by atoms with van der Waals surface area (Å²) in [6.45, 7) is 0. The van der Waals surface area contributed by atoms with Gasteiger partial charge in [0.1, 0.15) is 0 Å². The van der Waals surface area contributed by atoms with E-state index < -0.39 is 0 Å². The van der Waals surface area contributed by atoms with Crippen molar-refractivity contribution in [2.24, 2.45) is 0 Å². The van der Waals surface area contributed by atoms with Crippen LogP contribution in [0.5, 0.6) is 0 Å². The first-order chi connectivity index (χ1) is 10.9. The zero-order valence-corrected chi connectivity index (χ0v) is 11.8. The van der Waals surface area contributed by atoms with E-state index in [0.29, 0.717) is 0 Å². The number of benzene rings is 2. The number of H-pyrrole nitrogens is 1. The van der Waals surface area contributed by atoms with Crippen LogP contribution in [-0.2, 0) is 0 Å². The Kier molecular flexibility index (Phi) is 2.22. The smallest absolute Gasteiger partial charge is 0.0973 e. The Morgan fingerprint density at radius 3 is 2.36 bits per heavy atom. The van der Waals surface area contributed by atoms with E-state index in [2.05, 4.69) is 52.3 Å². The number of nitrogens with one attached hydrogen (secondary N) is 1. The van der Waals surface area contributed by atoms with Crippen LogP contribution in [0.4, 0.5) is 0 Å². The van der Waals surface area contributed by atoms with Crippen LogP contribution in [0, 0.1) is 0 Å². The standard InChI is InChI=1S/C19H13N3/c1-2-8-14-13(7-1)17-18(19(14)22-11-5-6-12-22)21-16-10-4-3-9-15(16)20-17/h1-12,21H. The molecule has 2 heterocycles. The molecule has 1 aliphatic carbocycles. The average molecular weight is 283 g/mol. The van der Waals surface area contributed by atoms with Crippen LogP contribution in [0.2, 0.25) is 0 Å². The topological polar surface area (TPSA) is 33.6 Å². The molecular weight excluding hydrogens is 270 g/mol. The van der Waals surface area contributed by atoms with Crippen molar-refractivity contribution in [1.29, 1.82) is 0 Å². The summed E-state index contributed by atoms with van der Waals surface area (Å²) < 4.78 is 2.15. The van der Waals surface area contributed by atoms with Crippen molar-refractivity contribution in [2.75, 3.05) is 0 Å². The van der Waals surface area contributed by atoms with Crippen LogP contribution < -0.4 is 0 Å². The minimum absolute atomic E-state index is 0.991. The fourth-order valence-electron chi connectivity index (χ4n) is 3.20. The molecule has 2 aromatic carbocycles. The number of aromatic amines is 1. The molecule has 1 aromatic heterocycles. The van der Waals surface area contributed by atoms with Gasteiger partial charge in [-0.1, -0.05) is 36.4 Å². The monoisotopic (exact) mass is 283 g/mol. The lowest BCUT2D eigenvalue weighted by atomic mass is 10.2. The molecule has 0 spiro atoms. The quantitative estimate of drug-likeness (QED) is 0.479. The number of hydrogen-bond donors (Lipinski definition) is 1. The van der Waals surface area contributed by atoms with Crippen molar-refractivity contribution in [1.82, 2.24) is 14.5 Å². The van der Waals surface area contributed by atoms with Crippen LogP contribution >= 0.6 is 0 Å². The molecule has 2 aliphatic rings. The van der Waals surface area contributed by atoms with E-state index in [9.17, 15) is 0 Å². The summed E-state index contributed by atoms with van der Waals surface area (Å²) in [5.74, 6) is 0. The van der Waals surface area contributed by atoms with E-state index in [-0.39, 0.29) is 0 Å². The predicted octanol–water partition coefficient (Wildman–Crippen LogP) is 4.61. The van der Waals surface area contributed by atoms with Crippen molar-refractivity contribution in [3.05, 3.63) is 73.1 Å². The minimum atomic E-state index is 0.991. The minimum Gasteiger partial charge on any atom is -0.350 e. The summed E-state index contributed by atoms with van der Waals surface area (Å²) in [7, 11) is 0. The molecule has 0 amide bonds. The molecule has 22 heavy (non-hydrogen) atoms. The third kappa shape index (κ3) is 1.48. The number of para-hydroxylation sites is 2. The maximum absolute atomic E-state index is 4.89. The number of rotatable bonds is 1. The van der Waals surface area contributed by atoms with Crippen molar-refractivity contribution < 1.29 is 0 Å². The lowest BCUT2D eigenvalue weighted by Crippen LogP contribution is -1.95. The first kappa shape index (κ1) is 11.6. The molecule has 0 fully saturated rings. The second-order valence-corrected chi connectivity index (χ2v) is 5.46. The van der Waals surface area contributed by atoms with E-state index in [0.717, 1.165) is 28.1 Å². The molecule has 1 N–H and O–H groups in total. The Bertz CT molecular complexity index is 1070. The van der Waals surface area contributed by atoms with Crippen LogP contribution in [-0.4, -0.2) is 14.5 Å². The van der Waals surface area contributed by atoms with E-state index in [1.54, 1.807) is 0 Å². The van der Waals surface area contributed by atoms with Crippen molar-refractivity contribution in [2.45, 2.75) is 0 Å². The van der Waals surface area contributed by atoms with Gasteiger partial charge in [0.05, 0.1) is 28.1 Å². The molecule has 0 saturated heterocycles. The lowest BCUT2D eigenvalue weighted by Gasteiger charge is -2.08. The van der Waals surface area contributed by atoms with Gasteiger partial charge in [-0.15, -0.1) is 0 Å². The zero-order chi connectivity index (χ0) is 14.5. The molecule has 0 saturated carbocycles. The molecule has 5 rings (SSSR count). The molecule has 3 aromatic rings. The first-order valence-electron chi connectivity index (χ1n) is 7.34. The summed E-state index contributed by atoms with van der Waals surface area (Å²) >= 11 is 0. The number of fused-ring (bicyclic) bond motifs is 4. The zero-order valence-electron chi connectivity index (χ0n) is 11.8. The van der Waals surface area contributed by atoms with Gasteiger partial charge in [0, 0.05) is 23.2 Å². The SMILES string of the molecule is c1ccc2[nH]c3c(-n4cccc4)c4ccccc4c-3nc2c1. The predicted molar refractivity (Wildman–Crippen MR) is 89.5 cm³/mol. The number of nitrogens with zero attached hydrogens (tertiary/aromatic N) is 2. The lowest BCUT2D eigenvalue weighted by molar-refractivity contribution is 1.09. The average Bonchev–Trinajstić information content (AvgIpc) is 3.18. The van der Waals surface area contributed by atoms with Gasteiger partial charge in [0.25, 0.3) is 0 Å². The Balaban J connectivity index is 2.03. The number of hydrogen-bond acceptors (Lipinski definition) is 1. The van der Waals surface area contributed by atoms with Crippen molar-refractivity contribution >= 4 is 21.8 Å². The summed E-state index contributed by atoms with van der Waals surface area (Å²) in [4.78, 5) is 8.46. The highest BCUT2D eigenvalue weighted by atomic mass is 15.0. The molecule has 1 aliphatic heterocycles. The molecule has 3 nitrogen and oxygen atoms in total. The second kappa shape index (κ2) is 4.21. The first-order valence-corrected chi connectivity index (χ1v) is 7.34. The van der Waals surface area contributed by atoms with E-state index in [1.807, 2.05) is 30.3 Å². The highest BCUT2D eigenvalue weighted by Crippen LogP contribution is 2.39. The van der Waals surface area contributed by atoms with Crippen molar-refractivity contribution in [3.8, 4) is 17.1 Å². The Morgan fingerprint density at radius 2 is 1.50 bits per heavy atom. The Morgan fingerprint density at radius 1 is 0.773 bits per heavy atom. The summed E-state index contributed by atoms with van der Waals surface area (Å²) in [5.41, 5.74) is 5.31. The van der Waals surface area contributed by atoms with Crippen LogP contribution in [0.25, 0.3) is 38.9 Å². The van der Waals surface area contributed by atoms with Gasteiger partial charge in [-0.2, -0.15) is 0 Å². The van der Waals surface area contributed by atoms with E-state index in [4.69, 9.17) is 4.98 Å². The Labute approximate surface area is 127 Å². The maximum atomic E-state index is 4.89. The summed E-state index contributed by atoms with van der Waals surface area (Å²) in [5, 5.41) is 2.40. The normalized spacial score (nSPS) is 11.6. The number of aromatic nitrogens is 3. The van der Waals surface area contributed by atoms with Crippen LogP contribution in [0.15, 0.2) is 73.1 Å². The van der Waals surface area contributed by atoms with Gasteiger partial charge in [0.15, 0.2) is 0 Å². The summed E-state index contributed by atoms with van der Waals surface area (Å²) in [6.07, 6.45) is 4.15. The third-order valence-corrected chi connectivity index (χ3v) is 4.17. The molecule has 104 valence electrons. The van der Waals surface area contributed by atoms with Gasteiger partial charge in [-0.05, 0) is 24.3 Å².